The zero-order chi connectivity index (χ0) is 19.8. The Hall–Kier alpha value is -2.24. The van der Waals surface area contributed by atoms with Gasteiger partial charge in [0.2, 0.25) is 0 Å². The van der Waals surface area contributed by atoms with E-state index in [1.807, 2.05) is 19.1 Å². The van der Waals surface area contributed by atoms with Crippen molar-refractivity contribution >= 4 is 11.9 Å². The first kappa shape index (κ1) is 20.5. The van der Waals surface area contributed by atoms with E-state index < -0.39 is 0 Å². The smallest absolute Gasteiger partial charge is 0.344 e. The number of ether oxygens (including phenoxy) is 4. The number of hydrogen-bond donors (Lipinski definition) is 0. The predicted octanol–water partition coefficient (Wildman–Crippen LogP) is 3.98. The molecular weight excluding hydrogens is 360 g/mol. The fraction of sp³-hybridized carbons (Fsp3) is 0.636. The Morgan fingerprint density at radius 2 is 1.32 bits per heavy atom. The molecule has 2 aliphatic rings. The van der Waals surface area contributed by atoms with Crippen molar-refractivity contribution in [3.05, 3.63) is 23.8 Å². The first-order valence-corrected chi connectivity index (χ1v) is 10.4. The highest BCUT2D eigenvalue weighted by Crippen LogP contribution is 2.29. The minimum atomic E-state index is -0.377. The largest absolute Gasteiger partial charge is 0.478 e. The summed E-state index contributed by atoms with van der Waals surface area (Å²) >= 11 is 0. The molecule has 0 amide bonds. The van der Waals surface area contributed by atoms with Gasteiger partial charge in [-0.1, -0.05) is 13.0 Å². The Kier molecular flexibility index (Phi) is 7.57. The quantitative estimate of drug-likeness (QED) is 0.594. The van der Waals surface area contributed by atoms with Crippen LogP contribution in [0.5, 0.6) is 11.5 Å². The lowest BCUT2D eigenvalue weighted by atomic mass is 10.1. The van der Waals surface area contributed by atoms with Gasteiger partial charge in [0.1, 0.15) is 12.2 Å². The zero-order valence-electron chi connectivity index (χ0n) is 16.6. The summed E-state index contributed by atoms with van der Waals surface area (Å²) in [6, 6.07) is 5.52. The van der Waals surface area contributed by atoms with Crippen LogP contribution in [0.25, 0.3) is 0 Å². The first-order valence-electron chi connectivity index (χ1n) is 10.4. The fourth-order valence-electron chi connectivity index (χ4n) is 3.73. The van der Waals surface area contributed by atoms with Gasteiger partial charge in [-0.25, -0.2) is 9.59 Å². The minimum absolute atomic E-state index is 0.0131. The highest BCUT2D eigenvalue weighted by molar-refractivity contribution is 5.72. The maximum atomic E-state index is 12.0. The highest BCUT2D eigenvalue weighted by atomic mass is 16.6. The molecule has 0 bridgehead atoms. The maximum Gasteiger partial charge on any atom is 0.344 e. The molecule has 0 radical (unpaired) electrons. The molecule has 3 rings (SSSR count). The van der Waals surface area contributed by atoms with Gasteiger partial charge in [0.15, 0.2) is 24.7 Å². The molecule has 2 aliphatic carbocycles. The standard InChI is InChI=1S/C22H30O6/c1-2-16-11-12-19(25-14-21(23)27-17-7-3-4-8-17)20(13-16)26-15-22(24)28-18-9-5-6-10-18/h11-13,17-18H,2-10,14-15H2,1H3. The summed E-state index contributed by atoms with van der Waals surface area (Å²) in [5.74, 6) is 0.115. The zero-order valence-corrected chi connectivity index (χ0v) is 16.6. The predicted molar refractivity (Wildman–Crippen MR) is 104 cm³/mol. The van der Waals surface area contributed by atoms with Gasteiger partial charge in [-0.15, -0.1) is 0 Å². The lowest BCUT2D eigenvalue weighted by Crippen LogP contribution is -2.22. The molecule has 6 heteroatoms. The third-order valence-corrected chi connectivity index (χ3v) is 5.31. The second-order valence-electron chi connectivity index (χ2n) is 7.50. The van der Waals surface area contributed by atoms with E-state index in [2.05, 4.69) is 0 Å². The second kappa shape index (κ2) is 10.3. The number of rotatable bonds is 9. The van der Waals surface area contributed by atoms with Crippen molar-refractivity contribution in [2.24, 2.45) is 0 Å². The second-order valence-corrected chi connectivity index (χ2v) is 7.50. The van der Waals surface area contributed by atoms with Gasteiger partial charge < -0.3 is 18.9 Å². The summed E-state index contributed by atoms with van der Waals surface area (Å²) in [6.07, 6.45) is 8.97. The van der Waals surface area contributed by atoms with Gasteiger partial charge in [0.05, 0.1) is 0 Å². The van der Waals surface area contributed by atoms with E-state index in [-0.39, 0.29) is 37.4 Å². The summed E-state index contributed by atoms with van der Waals surface area (Å²) in [4.78, 5) is 24.0. The van der Waals surface area contributed by atoms with Crippen LogP contribution in [0.1, 0.15) is 63.9 Å². The third kappa shape index (κ3) is 6.14. The van der Waals surface area contributed by atoms with Gasteiger partial charge >= 0.3 is 11.9 Å². The molecule has 0 atom stereocenters. The summed E-state index contributed by atoms with van der Waals surface area (Å²) in [5, 5.41) is 0. The van der Waals surface area contributed by atoms with E-state index in [9.17, 15) is 9.59 Å². The van der Waals surface area contributed by atoms with Gasteiger partial charge in [-0.3, -0.25) is 0 Å². The Morgan fingerprint density at radius 1 is 0.821 bits per heavy atom. The molecule has 0 saturated heterocycles. The molecule has 0 heterocycles. The highest BCUT2D eigenvalue weighted by Gasteiger charge is 2.21. The van der Waals surface area contributed by atoms with Crippen LogP contribution in [-0.2, 0) is 25.5 Å². The van der Waals surface area contributed by atoms with Gasteiger partial charge in [-0.05, 0) is 75.5 Å². The van der Waals surface area contributed by atoms with Crippen molar-refractivity contribution in [3.63, 3.8) is 0 Å². The van der Waals surface area contributed by atoms with Crippen molar-refractivity contribution in [2.45, 2.75) is 76.9 Å². The van der Waals surface area contributed by atoms with Gasteiger partial charge in [0.25, 0.3) is 0 Å². The monoisotopic (exact) mass is 390 g/mol. The maximum absolute atomic E-state index is 12.0. The summed E-state index contributed by atoms with van der Waals surface area (Å²) < 4.78 is 22.1. The van der Waals surface area contributed by atoms with Crippen molar-refractivity contribution in [1.82, 2.24) is 0 Å². The molecule has 0 unspecified atom stereocenters. The number of hydrogen-bond acceptors (Lipinski definition) is 6. The molecule has 2 saturated carbocycles. The molecule has 0 spiro atoms. The van der Waals surface area contributed by atoms with Crippen molar-refractivity contribution in [3.8, 4) is 11.5 Å². The van der Waals surface area contributed by atoms with Crippen LogP contribution >= 0.6 is 0 Å². The van der Waals surface area contributed by atoms with E-state index in [0.717, 1.165) is 63.4 Å². The number of aryl methyl sites for hydroxylation is 1. The van der Waals surface area contributed by atoms with E-state index in [1.165, 1.54) is 0 Å². The summed E-state index contributed by atoms with van der Waals surface area (Å²) in [7, 11) is 0. The lowest BCUT2D eigenvalue weighted by molar-refractivity contribution is -0.152. The number of benzene rings is 1. The normalized spacial score (nSPS) is 17.5. The van der Waals surface area contributed by atoms with Crippen LogP contribution in [0.3, 0.4) is 0 Å². The molecule has 28 heavy (non-hydrogen) atoms. The molecule has 0 aliphatic heterocycles. The number of carbonyl (C=O) groups is 2. The Balaban J connectivity index is 1.52. The van der Waals surface area contributed by atoms with Gasteiger partial charge in [0, 0.05) is 0 Å². The van der Waals surface area contributed by atoms with E-state index >= 15 is 0 Å². The van der Waals surface area contributed by atoms with Crippen molar-refractivity contribution < 1.29 is 28.5 Å². The van der Waals surface area contributed by atoms with Gasteiger partial charge in [-0.2, -0.15) is 0 Å². The number of carbonyl (C=O) groups excluding carboxylic acids is 2. The minimum Gasteiger partial charge on any atom is -0.478 e. The third-order valence-electron chi connectivity index (χ3n) is 5.31. The van der Waals surface area contributed by atoms with E-state index in [4.69, 9.17) is 18.9 Å². The average molecular weight is 390 g/mol. The molecule has 2 fully saturated rings. The van der Waals surface area contributed by atoms with Crippen LogP contribution in [-0.4, -0.2) is 37.4 Å². The first-order chi connectivity index (χ1) is 13.6. The topological polar surface area (TPSA) is 71.1 Å². The lowest BCUT2D eigenvalue weighted by Gasteiger charge is -2.16. The summed E-state index contributed by atoms with van der Waals surface area (Å²) in [6.45, 7) is 1.68. The van der Waals surface area contributed by atoms with Crippen molar-refractivity contribution in [2.75, 3.05) is 13.2 Å². The van der Waals surface area contributed by atoms with Crippen LogP contribution < -0.4 is 9.47 Å². The Bertz CT molecular complexity index is 659. The van der Waals surface area contributed by atoms with Crippen LogP contribution in [0.2, 0.25) is 0 Å². The molecule has 154 valence electrons. The average Bonchev–Trinajstić information content (AvgIpc) is 3.39. The van der Waals surface area contributed by atoms with Crippen LogP contribution in [0.4, 0.5) is 0 Å². The molecular formula is C22H30O6. The fourth-order valence-corrected chi connectivity index (χ4v) is 3.73. The summed E-state index contributed by atoms with van der Waals surface area (Å²) in [5.41, 5.74) is 1.06. The van der Waals surface area contributed by atoms with E-state index in [1.54, 1.807) is 6.07 Å². The molecule has 1 aromatic carbocycles. The molecule has 0 aromatic heterocycles. The van der Waals surface area contributed by atoms with Crippen molar-refractivity contribution in [1.29, 1.82) is 0 Å². The Morgan fingerprint density at radius 3 is 1.82 bits per heavy atom. The molecule has 1 aromatic rings. The molecule has 0 N–H and O–H groups in total. The number of esters is 2. The SMILES string of the molecule is CCc1ccc(OCC(=O)OC2CCCC2)c(OCC(=O)OC2CCCC2)c1. The Labute approximate surface area is 166 Å². The van der Waals surface area contributed by atoms with Crippen LogP contribution in [0.15, 0.2) is 18.2 Å². The van der Waals surface area contributed by atoms with Crippen LogP contribution in [0, 0.1) is 0 Å². The van der Waals surface area contributed by atoms with E-state index in [0.29, 0.717) is 11.5 Å². The molecule has 6 nitrogen and oxygen atoms in total.